The van der Waals surface area contributed by atoms with E-state index in [1.165, 1.54) is 4.90 Å². The predicted octanol–water partition coefficient (Wildman–Crippen LogP) is 2.53. The van der Waals surface area contributed by atoms with Crippen molar-refractivity contribution in [2.24, 2.45) is 5.92 Å². The lowest BCUT2D eigenvalue weighted by molar-refractivity contribution is -0.155. The van der Waals surface area contributed by atoms with Crippen LogP contribution in [0.4, 0.5) is 0 Å². The van der Waals surface area contributed by atoms with Crippen LogP contribution in [-0.4, -0.2) is 59.6 Å². The number of benzene rings is 2. The van der Waals surface area contributed by atoms with Crippen molar-refractivity contribution in [3.8, 4) is 0 Å². The van der Waals surface area contributed by atoms with Gasteiger partial charge in [-0.25, -0.2) is 4.79 Å². The summed E-state index contributed by atoms with van der Waals surface area (Å²) in [7, 11) is 0. The lowest BCUT2D eigenvalue weighted by Gasteiger charge is -2.25. The number of carbonyl (C=O) groups excluding carboxylic acids is 4. The van der Waals surface area contributed by atoms with Gasteiger partial charge in [0.15, 0.2) is 6.04 Å². The molecule has 9 nitrogen and oxygen atoms in total. The van der Waals surface area contributed by atoms with Crippen LogP contribution in [0.25, 0.3) is 0 Å². The van der Waals surface area contributed by atoms with E-state index in [1.807, 2.05) is 48.5 Å². The fourth-order valence-electron chi connectivity index (χ4n) is 3.95. The van der Waals surface area contributed by atoms with Crippen molar-refractivity contribution in [2.45, 2.75) is 44.9 Å². The number of aliphatic hydroxyl groups excluding tert-OH is 1. The molecule has 0 aromatic heterocycles. The maximum Gasteiger partial charge on any atom is 0.332 e. The molecule has 0 bridgehead atoms. The number of cyclic esters (lactones) is 1. The van der Waals surface area contributed by atoms with E-state index >= 15 is 0 Å². The maximum absolute atomic E-state index is 13.3. The monoisotopic (exact) mass is 522 g/mol. The SMILES string of the molecule is O=C1CCC=CCC(CC(=O)N(CCO)Cc2ccccc2)C(=O)NC(C(=O)OCc2ccccc2)CO1. The summed E-state index contributed by atoms with van der Waals surface area (Å²) < 4.78 is 10.6. The number of allylic oxidation sites excluding steroid dienone is 2. The zero-order valence-electron chi connectivity index (χ0n) is 21.3. The molecule has 38 heavy (non-hydrogen) atoms. The Kier molecular flexibility index (Phi) is 11.5. The minimum absolute atomic E-state index is 0.000246. The Balaban J connectivity index is 1.71. The Morgan fingerprint density at radius 1 is 1.00 bits per heavy atom. The van der Waals surface area contributed by atoms with E-state index in [1.54, 1.807) is 24.3 Å². The molecule has 3 rings (SSSR count). The van der Waals surface area contributed by atoms with Gasteiger partial charge in [-0.15, -0.1) is 0 Å². The van der Waals surface area contributed by atoms with E-state index in [0.29, 0.717) is 13.0 Å². The molecule has 0 spiro atoms. The fourth-order valence-corrected chi connectivity index (χ4v) is 3.95. The summed E-state index contributed by atoms with van der Waals surface area (Å²) >= 11 is 0. The molecule has 1 aliphatic rings. The Bertz CT molecular complexity index is 1090. The zero-order valence-corrected chi connectivity index (χ0v) is 21.3. The molecule has 2 amide bonds. The van der Waals surface area contributed by atoms with Gasteiger partial charge in [0.05, 0.1) is 12.5 Å². The molecule has 2 aromatic carbocycles. The lowest BCUT2D eigenvalue weighted by atomic mass is 9.98. The molecule has 2 N–H and O–H groups in total. The number of hydrogen-bond donors (Lipinski definition) is 2. The average molecular weight is 523 g/mol. The molecule has 2 aromatic rings. The lowest BCUT2D eigenvalue weighted by Crippen LogP contribution is -2.48. The second kappa shape index (κ2) is 15.3. The van der Waals surface area contributed by atoms with Crippen LogP contribution in [0, 0.1) is 5.92 Å². The number of nitrogens with one attached hydrogen (secondary N) is 1. The Morgan fingerprint density at radius 2 is 1.68 bits per heavy atom. The van der Waals surface area contributed by atoms with Crippen molar-refractivity contribution in [2.75, 3.05) is 19.8 Å². The van der Waals surface area contributed by atoms with Crippen molar-refractivity contribution in [1.82, 2.24) is 10.2 Å². The molecule has 0 aliphatic carbocycles. The molecule has 2 atom stereocenters. The molecule has 0 radical (unpaired) electrons. The van der Waals surface area contributed by atoms with Crippen molar-refractivity contribution in [3.63, 3.8) is 0 Å². The summed E-state index contributed by atoms with van der Waals surface area (Å²) in [6, 6.07) is 17.2. The molecule has 1 aliphatic heterocycles. The Morgan fingerprint density at radius 3 is 2.37 bits per heavy atom. The smallest absolute Gasteiger partial charge is 0.332 e. The van der Waals surface area contributed by atoms with Gasteiger partial charge in [0.1, 0.15) is 13.2 Å². The molecule has 0 fully saturated rings. The molecular formula is C29H34N2O7. The highest BCUT2D eigenvalue weighted by Crippen LogP contribution is 2.16. The number of aliphatic hydroxyl groups is 1. The minimum Gasteiger partial charge on any atom is -0.463 e. The highest BCUT2D eigenvalue weighted by atomic mass is 16.6. The first-order valence-corrected chi connectivity index (χ1v) is 12.7. The van der Waals surface area contributed by atoms with Crippen LogP contribution in [0.2, 0.25) is 0 Å². The molecule has 202 valence electrons. The number of ether oxygens (including phenoxy) is 2. The first kappa shape index (κ1) is 28.6. The van der Waals surface area contributed by atoms with Crippen LogP contribution in [0.1, 0.15) is 36.8 Å². The molecule has 9 heteroatoms. The second-order valence-electron chi connectivity index (χ2n) is 9.01. The highest BCUT2D eigenvalue weighted by Gasteiger charge is 2.30. The van der Waals surface area contributed by atoms with Gasteiger partial charge in [0, 0.05) is 25.9 Å². The third kappa shape index (κ3) is 9.48. The standard InChI is InChI=1S/C29H34N2O7/c32-17-16-31(19-22-10-4-1-5-11-22)26(33)18-24-14-8-3-9-15-27(34)37-21-25(30-28(24)35)29(36)38-20-23-12-6-2-7-13-23/h1-8,10-13,24-25,32H,9,14-21H2,(H,30,35). The normalized spacial score (nSPS) is 18.3. The number of carbonyl (C=O) groups is 4. The van der Waals surface area contributed by atoms with Gasteiger partial charge in [-0.1, -0.05) is 72.8 Å². The van der Waals surface area contributed by atoms with Gasteiger partial charge in [0.2, 0.25) is 11.8 Å². The van der Waals surface area contributed by atoms with Crippen molar-refractivity contribution >= 4 is 23.8 Å². The first-order chi connectivity index (χ1) is 18.5. The van der Waals surface area contributed by atoms with Crippen LogP contribution >= 0.6 is 0 Å². The third-order valence-corrected chi connectivity index (χ3v) is 6.07. The van der Waals surface area contributed by atoms with Crippen LogP contribution in [0.3, 0.4) is 0 Å². The third-order valence-electron chi connectivity index (χ3n) is 6.07. The number of rotatable bonds is 9. The Hall–Kier alpha value is -3.98. The van der Waals surface area contributed by atoms with Crippen LogP contribution in [-0.2, 0) is 41.8 Å². The maximum atomic E-state index is 13.3. The molecule has 2 unspecified atom stereocenters. The summed E-state index contributed by atoms with van der Waals surface area (Å²) in [5.41, 5.74) is 1.67. The minimum atomic E-state index is -1.21. The van der Waals surface area contributed by atoms with Gasteiger partial charge in [-0.05, 0) is 24.0 Å². The van der Waals surface area contributed by atoms with Gasteiger partial charge in [-0.2, -0.15) is 0 Å². The number of nitrogens with zero attached hydrogens (tertiary/aromatic N) is 1. The van der Waals surface area contributed by atoms with Crippen LogP contribution < -0.4 is 5.32 Å². The summed E-state index contributed by atoms with van der Waals surface area (Å²) in [5.74, 6) is -2.81. The van der Waals surface area contributed by atoms with Crippen LogP contribution in [0.5, 0.6) is 0 Å². The van der Waals surface area contributed by atoms with Gasteiger partial charge in [-0.3, -0.25) is 14.4 Å². The molecule has 1 heterocycles. The number of amides is 2. The predicted molar refractivity (Wildman–Crippen MR) is 139 cm³/mol. The van der Waals surface area contributed by atoms with E-state index in [9.17, 15) is 24.3 Å². The summed E-state index contributed by atoms with van der Waals surface area (Å²) in [6.07, 6.45) is 4.19. The first-order valence-electron chi connectivity index (χ1n) is 12.7. The van der Waals surface area contributed by atoms with Crippen molar-refractivity contribution in [1.29, 1.82) is 0 Å². The fraction of sp³-hybridized carbons (Fsp3) is 0.379. The van der Waals surface area contributed by atoms with E-state index in [4.69, 9.17) is 9.47 Å². The summed E-state index contributed by atoms with van der Waals surface area (Å²) in [6.45, 7) is -0.152. The van der Waals surface area contributed by atoms with Crippen molar-refractivity contribution < 1.29 is 33.8 Å². The highest BCUT2D eigenvalue weighted by molar-refractivity contribution is 5.89. The van der Waals surface area contributed by atoms with E-state index < -0.39 is 29.8 Å². The van der Waals surface area contributed by atoms with Crippen LogP contribution in [0.15, 0.2) is 72.8 Å². The van der Waals surface area contributed by atoms with E-state index in [-0.39, 0.29) is 51.5 Å². The van der Waals surface area contributed by atoms with E-state index in [2.05, 4.69) is 5.32 Å². The molecule has 0 saturated heterocycles. The van der Waals surface area contributed by atoms with Crippen molar-refractivity contribution in [3.05, 3.63) is 83.9 Å². The van der Waals surface area contributed by atoms with E-state index in [0.717, 1.165) is 11.1 Å². The summed E-state index contributed by atoms with van der Waals surface area (Å²) in [5, 5.41) is 12.1. The molecular weight excluding hydrogens is 488 g/mol. The van der Waals surface area contributed by atoms with Gasteiger partial charge in [0.25, 0.3) is 0 Å². The second-order valence-corrected chi connectivity index (χ2v) is 9.01. The van der Waals surface area contributed by atoms with Gasteiger partial charge >= 0.3 is 11.9 Å². The molecule has 0 saturated carbocycles. The number of esters is 2. The number of hydrogen-bond acceptors (Lipinski definition) is 7. The zero-order chi connectivity index (χ0) is 27.2. The topological polar surface area (TPSA) is 122 Å². The van der Waals surface area contributed by atoms with Gasteiger partial charge < -0.3 is 24.8 Å². The average Bonchev–Trinajstić information content (AvgIpc) is 2.93. The quantitative estimate of drug-likeness (QED) is 0.383. The summed E-state index contributed by atoms with van der Waals surface area (Å²) in [4.78, 5) is 52.8. The largest absolute Gasteiger partial charge is 0.463 e. The Labute approximate surface area is 222 Å².